The molecular formula is C13H18ClNO. The van der Waals surface area contributed by atoms with Crippen LogP contribution in [0.1, 0.15) is 24.4 Å². The Balaban J connectivity index is 2.20. The molecule has 1 N–H and O–H groups in total. The average molecular weight is 240 g/mol. The maximum absolute atomic E-state index is 6.02. The van der Waals surface area contributed by atoms with Crippen molar-refractivity contribution in [3.63, 3.8) is 0 Å². The lowest BCUT2D eigenvalue weighted by Gasteiger charge is -2.26. The van der Waals surface area contributed by atoms with Gasteiger partial charge in [0, 0.05) is 12.1 Å². The summed E-state index contributed by atoms with van der Waals surface area (Å²) in [6, 6.07) is 8.23. The molecule has 0 aromatic heterocycles. The van der Waals surface area contributed by atoms with E-state index in [4.69, 9.17) is 16.3 Å². The molecule has 2 rings (SSSR count). The van der Waals surface area contributed by atoms with Crippen molar-refractivity contribution >= 4 is 11.6 Å². The predicted octanol–water partition coefficient (Wildman–Crippen LogP) is 3.03. The van der Waals surface area contributed by atoms with Gasteiger partial charge in [-0.2, -0.15) is 0 Å². The predicted molar refractivity (Wildman–Crippen MR) is 66.8 cm³/mol. The van der Waals surface area contributed by atoms with Gasteiger partial charge in [0.25, 0.3) is 0 Å². The van der Waals surface area contributed by atoms with Crippen molar-refractivity contribution in [2.45, 2.75) is 25.0 Å². The molecule has 2 unspecified atom stereocenters. The zero-order chi connectivity index (χ0) is 11.5. The Morgan fingerprint density at radius 1 is 1.44 bits per heavy atom. The third kappa shape index (κ3) is 2.57. The molecule has 0 bridgehead atoms. The fourth-order valence-corrected chi connectivity index (χ4v) is 2.44. The van der Waals surface area contributed by atoms with Gasteiger partial charge in [0.2, 0.25) is 0 Å². The zero-order valence-corrected chi connectivity index (χ0v) is 10.5. The Morgan fingerprint density at radius 3 is 2.69 bits per heavy atom. The van der Waals surface area contributed by atoms with E-state index in [2.05, 4.69) is 11.4 Å². The van der Waals surface area contributed by atoms with Crippen LogP contribution in [0.3, 0.4) is 0 Å². The van der Waals surface area contributed by atoms with Crippen LogP contribution in [-0.2, 0) is 4.74 Å². The lowest BCUT2D eigenvalue weighted by molar-refractivity contribution is 0.0530. The first kappa shape index (κ1) is 11.9. The van der Waals surface area contributed by atoms with E-state index in [-0.39, 0.29) is 12.1 Å². The molecule has 2 atom stereocenters. The quantitative estimate of drug-likeness (QED) is 0.853. The molecule has 0 amide bonds. The Hall–Kier alpha value is -0.570. The van der Waals surface area contributed by atoms with Crippen molar-refractivity contribution < 1.29 is 4.74 Å². The number of hydrogen-bond donors (Lipinski definition) is 1. The SMILES string of the molecule is CNC(c1cccc(Cl)c1)C(OC)C1CC1. The van der Waals surface area contributed by atoms with E-state index in [9.17, 15) is 0 Å². The van der Waals surface area contributed by atoms with Crippen LogP contribution >= 0.6 is 11.6 Å². The molecule has 2 nitrogen and oxygen atoms in total. The second-order valence-corrected chi connectivity index (χ2v) is 4.80. The van der Waals surface area contributed by atoms with Crippen LogP contribution in [0.4, 0.5) is 0 Å². The Labute approximate surface area is 102 Å². The van der Waals surface area contributed by atoms with Crippen LogP contribution in [0.15, 0.2) is 24.3 Å². The van der Waals surface area contributed by atoms with E-state index in [1.165, 1.54) is 18.4 Å². The Morgan fingerprint density at radius 2 is 2.19 bits per heavy atom. The highest BCUT2D eigenvalue weighted by Gasteiger charge is 2.36. The summed E-state index contributed by atoms with van der Waals surface area (Å²) in [6.45, 7) is 0. The van der Waals surface area contributed by atoms with E-state index < -0.39 is 0 Å². The van der Waals surface area contributed by atoms with Crippen LogP contribution in [-0.4, -0.2) is 20.3 Å². The molecule has 88 valence electrons. The van der Waals surface area contributed by atoms with Crippen LogP contribution in [0.25, 0.3) is 0 Å². The summed E-state index contributed by atoms with van der Waals surface area (Å²) in [4.78, 5) is 0. The topological polar surface area (TPSA) is 21.3 Å². The Kier molecular flexibility index (Phi) is 3.85. The molecule has 0 radical (unpaired) electrons. The number of benzene rings is 1. The molecule has 1 fully saturated rings. The van der Waals surface area contributed by atoms with Gasteiger partial charge in [-0.25, -0.2) is 0 Å². The number of ether oxygens (including phenoxy) is 1. The van der Waals surface area contributed by atoms with E-state index in [1.807, 2.05) is 25.2 Å². The molecule has 1 aromatic rings. The van der Waals surface area contributed by atoms with Gasteiger partial charge in [-0.05, 0) is 43.5 Å². The van der Waals surface area contributed by atoms with E-state index >= 15 is 0 Å². The normalized spacial score (nSPS) is 19.4. The lowest BCUT2D eigenvalue weighted by Crippen LogP contribution is -2.32. The summed E-state index contributed by atoms with van der Waals surface area (Å²) in [5.41, 5.74) is 1.20. The monoisotopic (exact) mass is 239 g/mol. The van der Waals surface area contributed by atoms with Crippen LogP contribution in [0.2, 0.25) is 5.02 Å². The van der Waals surface area contributed by atoms with Crippen LogP contribution < -0.4 is 5.32 Å². The molecule has 0 heterocycles. The lowest BCUT2D eigenvalue weighted by atomic mass is 9.98. The molecule has 0 aliphatic heterocycles. The van der Waals surface area contributed by atoms with Crippen molar-refractivity contribution in [3.05, 3.63) is 34.9 Å². The molecule has 1 aliphatic carbocycles. The summed E-state index contributed by atoms with van der Waals surface area (Å²) in [5, 5.41) is 4.12. The van der Waals surface area contributed by atoms with Crippen LogP contribution in [0.5, 0.6) is 0 Å². The van der Waals surface area contributed by atoms with Crippen molar-refractivity contribution in [1.29, 1.82) is 0 Å². The number of rotatable bonds is 5. The van der Waals surface area contributed by atoms with Gasteiger partial charge in [0.05, 0.1) is 12.1 Å². The first-order chi connectivity index (χ1) is 7.76. The highest BCUT2D eigenvalue weighted by atomic mass is 35.5. The maximum atomic E-state index is 6.02. The first-order valence-corrected chi connectivity index (χ1v) is 6.09. The standard InChI is InChI=1S/C13H18ClNO/c1-15-12(13(16-2)9-6-7-9)10-4-3-5-11(14)8-10/h3-5,8-9,12-13,15H,6-7H2,1-2H3. The smallest absolute Gasteiger partial charge is 0.0793 e. The zero-order valence-electron chi connectivity index (χ0n) is 9.74. The molecule has 1 aromatic carbocycles. The maximum Gasteiger partial charge on any atom is 0.0793 e. The number of likely N-dealkylation sites (N-methyl/N-ethyl adjacent to an activating group) is 1. The minimum atomic E-state index is 0.233. The summed E-state index contributed by atoms with van der Waals surface area (Å²) < 4.78 is 5.62. The van der Waals surface area contributed by atoms with Crippen molar-refractivity contribution in [2.75, 3.05) is 14.2 Å². The number of hydrogen-bond acceptors (Lipinski definition) is 2. The molecule has 1 saturated carbocycles. The summed E-state index contributed by atoms with van der Waals surface area (Å²) >= 11 is 6.02. The third-order valence-electron chi connectivity index (χ3n) is 3.21. The molecule has 0 spiro atoms. The molecular weight excluding hydrogens is 222 g/mol. The summed E-state index contributed by atoms with van der Waals surface area (Å²) in [6.07, 6.45) is 2.80. The largest absolute Gasteiger partial charge is 0.379 e. The van der Waals surface area contributed by atoms with Crippen molar-refractivity contribution in [2.24, 2.45) is 5.92 Å². The van der Waals surface area contributed by atoms with Gasteiger partial charge >= 0.3 is 0 Å². The van der Waals surface area contributed by atoms with Gasteiger partial charge in [0.1, 0.15) is 0 Å². The fraction of sp³-hybridized carbons (Fsp3) is 0.538. The molecule has 3 heteroatoms. The van der Waals surface area contributed by atoms with Crippen molar-refractivity contribution in [1.82, 2.24) is 5.32 Å². The second-order valence-electron chi connectivity index (χ2n) is 4.36. The highest BCUT2D eigenvalue weighted by molar-refractivity contribution is 6.30. The van der Waals surface area contributed by atoms with E-state index in [1.54, 1.807) is 7.11 Å². The van der Waals surface area contributed by atoms with Gasteiger partial charge in [-0.1, -0.05) is 23.7 Å². The third-order valence-corrected chi connectivity index (χ3v) is 3.44. The minimum absolute atomic E-state index is 0.233. The minimum Gasteiger partial charge on any atom is -0.379 e. The Bertz CT molecular complexity index is 352. The fourth-order valence-electron chi connectivity index (χ4n) is 2.25. The summed E-state index contributed by atoms with van der Waals surface area (Å²) in [5.74, 6) is 0.696. The average Bonchev–Trinajstić information content (AvgIpc) is 3.09. The van der Waals surface area contributed by atoms with Gasteiger partial charge in [-0.15, -0.1) is 0 Å². The van der Waals surface area contributed by atoms with Gasteiger partial charge in [0.15, 0.2) is 0 Å². The van der Waals surface area contributed by atoms with E-state index in [0.29, 0.717) is 5.92 Å². The highest BCUT2D eigenvalue weighted by Crippen LogP contribution is 2.39. The molecule has 16 heavy (non-hydrogen) atoms. The number of methoxy groups -OCH3 is 1. The number of halogens is 1. The summed E-state index contributed by atoms with van der Waals surface area (Å²) in [7, 11) is 3.76. The molecule has 1 aliphatic rings. The molecule has 0 saturated heterocycles. The van der Waals surface area contributed by atoms with Crippen LogP contribution in [0, 0.1) is 5.92 Å². The second kappa shape index (κ2) is 5.17. The van der Waals surface area contributed by atoms with E-state index in [0.717, 1.165) is 5.02 Å². The first-order valence-electron chi connectivity index (χ1n) is 5.71. The van der Waals surface area contributed by atoms with Gasteiger partial charge in [-0.3, -0.25) is 0 Å². The van der Waals surface area contributed by atoms with Crippen molar-refractivity contribution in [3.8, 4) is 0 Å². The number of nitrogens with one attached hydrogen (secondary N) is 1. The van der Waals surface area contributed by atoms with Gasteiger partial charge < -0.3 is 10.1 Å².